The van der Waals surface area contributed by atoms with Crippen molar-refractivity contribution in [2.75, 3.05) is 11.9 Å². The number of aromatic nitrogens is 2. The number of anilines is 1. The van der Waals surface area contributed by atoms with Crippen LogP contribution in [0.2, 0.25) is 9.72 Å². The minimum atomic E-state index is -2.75. The van der Waals surface area contributed by atoms with Gasteiger partial charge in [-0.1, -0.05) is 0 Å². The molecule has 1 fully saturated rings. The van der Waals surface area contributed by atoms with Crippen LogP contribution < -0.4 is 8.90 Å². The van der Waals surface area contributed by atoms with E-state index < -0.39 is 19.7 Å². The normalized spacial score (nSPS) is 20.4. The van der Waals surface area contributed by atoms with E-state index >= 15 is 0 Å². The molecule has 0 saturated heterocycles. The second kappa shape index (κ2) is 4.68. The van der Waals surface area contributed by atoms with Crippen LogP contribution in [0.5, 0.6) is 0 Å². The fourth-order valence-electron chi connectivity index (χ4n) is 2.58. The first-order valence-electron chi connectivity index (χ1n) is 6.12. The summed E-state index contributed by atoms with van der Waals surface area (Å²) < 4.78 is 13.7. The van der Waals surface area contributed by atoms with Crippen molar-refractivity contribution < 1.29 is 8.18 Å². The molecule has 7 heteroatoms. The summed E-state index contributed by atoms with van der Waals surface area (Å²) in [6.07, 6.45) is 3.67. The summed E-state index contributed by atoms with van der Waals surface area (Å²) in [6.45, 7) is 0.0704. The number of nitrogens with zero attached hydrogens (tertiary/aromatic N) is 2. The summed E-state index contributed by atoms with van der Waals surface area (Å²) in [6, 6.07) is 0. The number of halogens is 1. The number of rotatable bonds is 3. The molecule has 1 aliphatic heterocycles. The van der Waals surface area contributed by atoms with Crippen molar-refractivity contribution in [1.82, 2.24) is 9.97 Å². The van der Waals surface area contributed by atoms with E-state index in [9.17, 15) is 8.18 Å². The molecule has 0 aromatic carbocycles. The molecule has 0 unspecified atom stereocenters. The molecule has 1 aliphatic carbocycles. The van der Waals surface area contributed by atoms with Gasteiger partial charge in [0.2, 0.25) is 0 Å². The van der Waals surface area contributed by atoms with Crippen molar-refractivity contribution in [3.05, 3.63) is 11.0 Å². The Morgan fingerprint density at radius 2 is 2.22 bits per heavy atom. The molecule has 0 amide bonds. The predicted molar refractivity (Wildman–Crippen MR) is 68.9 cm³/mol. The molecular formula is C11H14ClN3O2Sn. The van der Waals surface area contributed by atoms with E-state index in [-0.39, 0.29) is 17.4 Å². The molecule has 2 aliphatic rings. The quantitative estimate of drug-likeness (QED) is 0.600. The molecule has 0 bridgehead atoms. The predicted octanol–water partition coefficient (Wildman–Crippen LogP) is 0.642. The molecule has 0 radical (unpaired) electrons. The maximum absolute atomic E-state index is 12.1. The van der Waals surface area contributed by atoms with Crippen molar-refractivity contribution in [2.24, 2.45) is 0 Å². The molecule has 5 nitrogen and oxygen atoms in total. The van der Waals surface area contributed by atoms with Crippen LogP contribution in [0, 0.1) is 0 Å². The molecule has 2 heterocycles. The zero-order chi connectivity index (χ0) is 12.8. The van der Waals surface area contributed by atoms with Gasteiger partial charge in [0, 0.05) is 0 Å². The molecule has 2 N–H and O–H groups in total. The van der Waals surface area contributed by atoms with Gasteiger partial charge in [-0.15, -0.1) is 0 Å². The standard InChI is InChI=1S/C11H14ClN3O.O.Sn/c1-2-8-6-9(14-10(12)13-8)15-11(7-16)4-3-5-11;;/h16H,1-5,7H2,(H,13,14,15);;. The second-order valence-corrected chi connectivity index (χ2v) is 10.6. The number of aliphatic hydroxyl groups excluding tert-OH is 1. The van der Waals surface area contributed by atoms with Gasteiger partial charge in [0.25, 0.3) is 0 Å². The Balaban J connectivity index is 1.99. The third kappa shape index (κ3) is 2.06. The third-order valence-corrected chi connectivity index (χ3v) is 9.09. The molecule has 96 valence electrons. The first-order chi connectivity index (χ1) is 8.63. The van der Waals surface area contributed by atoms with Crippen LogP contribution in [0.4, 0.5) is 5.82 Å². The van der Waals surface area contributed by atoms with E-state index in [1.54, 1.807) is 0 Å². The number of hydrogen-bond acceptors (Lipinski definition) is 5. The van der Waals surface area contributed by atoms with Crippen molar-refractivity contribution in [1.29, 1.82) is 0 Å². The Morgan fingerprint density at radius 3 is 2.83 bits per heavy atom. The van der Waals surface area contributed by atoms with Crippen molar-refractivity contribution in [3.63, 3.8) is 0 Å². The summed E-state index contributed by atoms with van der Waals surface area (Å²) in [5, 5.41) is 13.0. The summed E-state index contributed by atoms with van der Waals surface area (Å²) in [4.78, 5) is 8.36. The number of fused-ring (bicyclic) bond motifs is 1. The molecule has 1 aromatic rings. The second-order valence-electron chi connectivity index (χ2n) is 5.00. The van der Waals surface area contributed by atoms with E-state index in [2.05, 4.69) is 15.3 Å². The van der Waals surface area contributed by atoms with Gasteiger partial charge in [-0.05, 0) is 0 Å². The molecule has 0 atom stereocenters. The average Bonchev–Trinajstić information content (AvgIpc) is 2.65. The number of nitrogens with one attached hydrogen (secondary N) is 1. The van der Waals surface area contributed by atoms with Crippen LogP contribution in [0.3, 0.4) is 0 Å². The van der Waals surface area contributed by atoms with E-state index in [1.165, 1.54) is 0 Å². The van der Waals surface area contributed by atoms with Crippen LogP contribution in [0.25, 0.3) is 0 Å². The van der Waals surface area contributed by atoms with Gasteiger partial charge >= 0.3 is 117 Å². The van der Waals surface area contributed by atoms with Gasteiger partial charge in [0.1, 0.15) is 0 Å². The molecule has 1 saturated carbocycles. The first-order valence-corrected chi connectivity index (χ1v) is 11.1. The third-order valence-electron chi connectivity index (χ3n) is 3.82. The Bertz CT molecular complexity index is 514. The SMILES string of the molecule is [O]=[Sn]1[CH2]Cc2nc(Cl)nc(NC3(CO)CCC3)[c]21. The van der Waals surface area contributed by atoms with Gasteiger partial charge < -0.3 is 0 Å². The molecule has 0 spiro atoms. The fourth-order valence-corrected chi connectivity index (χ4v) is 7.33. The summed E-state index contributed by atoms with van der Waals surface area (Å²) >= 11 is 3.15. The van der Waals surface area contributed by atoms with Crippen LogP contribution in [-0.2, 0) is 9.50 Å². The van der Waals surface area contributed by atoms with Gasteiger partial charge in [-0.3, -0.25) is 0 Å². The van der Waals surface area contributed by atoms with Crippen LogP contribution in [-0.4, -0.2) is 47.0 Å². The molecule has 3 rings (SSSR count). The Labute approximate surface area is 117 Å². The van der Waals surface area contributed by atoms with Gasteiger partial charge in [-0.25, -0.2) is 0 Å². The fraction of sp³-hybridized carbons (Fsp3) is 0.636. The molecule has 1 aromatic heterocycles. The van der Waals surface area contributed by atoms with Gasteiger partial charge in [-0.2, -0.15) is 0 Å². The van der Waals surface area contributed by atoms with E-state index in [4.69, 9.17) is 11.6 Å². The summed E-state index contributed by atoms with van der Waals surface area (Å²) in [5.41, 5.74) is 0.548. The van der Waals surface area contributed by atoms with Crippen LogP contribution >= 0.6 is 11.6 Å². The van der Waals surface area contributed by atoms with Gasteiger partial charge in [0.15, 0.2) is 0 Å². The Kier molecular flexibility index (Phi) is 3.32. The van der Waals surface area contributed by atoms with E-state index in [0.29, 0.717) is 5.82 Å². The first kappa shape index (κ1) is 12.7. The maximum atomic E-state index is 12.1. The molecule has 18 heavy (non-hydrogen) atoms. The Morgan fingerprint density at radius 1 is 1.44 bits per heavy atom. The molecular weight excluding hydrogens is 360 g/mol. The zero-order valence-electron chi connectivity index (χ0n) is 9.87. The topological polar surface area (TPSA) is 75.1 Å². The van der Waals surface area contributed by atoms with E-state index in [0.717, 1.165) is 39.4 Å². The minimum absolute atomic E-state index is 0.0704. The summed E-state index contributed by atoms with van der Waals surface area (Å²) in [5.74, 6) is 0.612. The Hall–Kier alpha value is -0.271. The van der Waals surface area contributed by atoms with Crippen molar-refractivity contribution >= 4 is 40.7 Å². The van der Waals surface area contributed by atoms with E-state index in [1.807, 2.05) is 0 Å². The van der Waals surface area contributed by atoms with Crippen LogP contribution in [0.1, 0.15) is 25.0 Å². The monoisotopic (exact) mass is 375 g/mol. The average molecular weight is 374 g/mol. The zero-order valence-corrected chi connectivity index (χ0v) is 13.5. The summed E-state index contributed by atoms with van der Waals surface area (Å²) in [7, 11) is 0. The number of aliphatic hydroxyl groups is 1. The number of hydrogen-bond donors (Lipinski definition) is 2. The number of aryl methyl sites for hydroxylation is 1. The van der Waals surface area contributed by atoms with Crippen molar-refractivity contribution in [3.8, 4) is 0 Å². The van der Waals surface area contributed by atoms with Crippen molar-refractivity contribution in [2.45, 2.75) is 35.7 Å². The van der Waals surface area contributed by atoms with Gasteiger partial charge in [0.05, 0.1) is 0 Å². The van der Waals surface area contributed by atoms with Crippen LogP contribution in [0.15, 0.2) is 0 Å².